The van der Waals surface area contributed by atoms with Gasteiger partial charge in [0.05, 0.1) is 5.69 Å². The zero-order valence-corrected chi connectivity index (χ0v) is 18.0. The van der Waals surface area contributed by atoms with Crippen molar-refractivity contribution in [2.24, 2.45) is 0 Å². The van der Waals surface area contributed by atoms with Crippen LogP contribution in [0.5, 0.6) is 0 Å². The van der Waals surface area contributed by atoms with E-state index < -0.39 is 0 Å². The molecular formula is C25H19ClN4O2. The predicted molar refractivity (Wildman–Crippen MR) is 125 cm³/mol. The number of fused-ring (bicyclic) bond motifs is 1. The SMILES string of the molecule is CCc1ccc(-n2nc3ccc(NC(=O)c4ccc(-c5ccc(Cl)cc5)o4)cc3n2)cc1. The van der Waals surface area contributed by atoms with Crippen molar-refractivity contribution in [3.63, 3.8) is 0 Å². The van der Waals surface area contributed by atoms with Crippen LogP contribution in [-0.2, 0) is 6.42 Å². The summed E-state index contributed by atoms with van der Waals surface area (Å²) >= 11 is 5.93. The van der Waals surface area contributed by atoms with Gasteiger partial charge in [-0.2, -0.15) is 4.80 Å². The molecule has 0 fully saturated rings. The molecule has 0 bridgehead atoms. The number of aryl methyl sites for hydroxylation is 1. The van der Waals surface area contributed by atoms with Gasteiger partial charge in [-0.25, -0.2) is 0 Å². The standard InChI is InChI=1S/C25H19ClN4O2/c1-2-16-3-10-20(11-4-16)30-28-21-12-9-19(15-22(21)29-30)27-25(31)24-14-13-23(32-24)17-5-7-18(26)8-6-17/h3-15H,2H2,1H3,(H,27,31). The van der Waals surface area contributed by atoms with Gasteiger partial charge in [-0.05, 0) is 78.7 Å². The molecule has 1 N–H and O–H groups in total. The number of aromatic nitrogens is 3. The van der Waals surface area contributed by atoms with E-state index in [0.717, 1.165) is 23.2 Å². The first-order valence-corrected chi connectivity index (χ1v) is 10.6. The maximum absolute atomic E-state index is 12.7. The quantitative estimate of drug-likeness (QED) is 0.354. The molecule has 0 aliphatic rings. The number of nitrogens with one attached hydrogen (secondary N) is 1. The smallest absolute Gasteiger partial charge is 0.291 e. The third kappa shape index (κ3) is 4.00. The van der Waals surface area contributed by atoms with E-state index in [1.807, 2.05) is 30.3 Å². The minimum Gasteiger partial charge on any atom is -0.451 e. The third-order valence-corrected chi connectivity index (χ3v) is 5.42. The van der Waals surface area contributed by atoms with E-state index >= 15 is 0 Å². The summed E-state index contributed by atoms with van der Waals surface area (Å²) in [7, 11) is 0. The van der Waals surface area contributed by atoms with Crippen LogP contribution in [0.25, 0.3) is 28.0 Å². The minimum absolute atomic E-state index is 0.217. The fourth-order valence-electron chi connectivity index (χ4n) is 3.39. The topological polar surface area (TPSA) is 73.0 Å². The number of amides is 1. The Balaban J connectivity index is 1.34. The lowest BCUT2D eigenvalue weighted by molar-refractivity contribution is 0.0997. The van der Waals surface area contributed by atoms with Gasteiger partial charge in [0, 0.05) is 16.3 Å². The monoisotopic (exact) mass is 442 g/mol. The number of carbonyl (C=O) groups is 1. The first-order chi connectivity index (χ1) is 15.6. The second-order valence-corrected chi connectivity index (χ2v) is 7.77. The second-order valence-electron chi connectivity index (χ2n) is 7.34. The Morgan fingerprint density at radius 1 is 0.938 bits per heavy atom. The summed E-state index contributed by atoms with van der Waals surface area (Å²) < 4.78 is 5.72. The summed E-state index contributed by atoms with van der Waals surface area (Å²) in [5.74, 6) is 0.473. The van der Waals surface area contributed by atoms with Gasteiger partial charge in [0.1, 0.15) is 16.8 Å². The molecule has 0 spiro atoms. The molecule has 0 aliphatic heterocycles. The summed E-state index contributed by atoms with van der Waals surface area (Å²) in [4.78, 5) is 14.3. The van der Waals surface area contributed by atoms with Gasteiger partial charge in [-0.3, -0.25) is 4.79 Å². The summed E-state index contributed by atoms with van der Waals surface area (Å²) in [5.41, 5.74) is 5.02. The minimum atomic E-state index is -0.341. The highest BCUT2D eigenvalue weighted by molar-refractivity contribution is 6.30. The van der Waals surface area contributed by atoms with Crippen molar-refractivity contribution in [2.75, 3.05) is 5.32 Å². The fraction of sp³-hybridized carbons (Fsp3) is 0.0800. The van der Waals surface area contributed by atoms with Crippen molar-refractivity contribution in [2.45, 2.75) is 13.3 Å². The van der Waals surface area contributed by atoms with Gasteiger partial charge in [0.15, 0.2) is 5.76 Å². The fourth-order valence-corrected chi connectivity index (χ4v) is 3.52. The Hall–Kier alpha value is -3.90. The Bertz CT molecular complexity index is 1400. The van der Waals surface area contributed by atoms with Crippen LogP contribution >= 0.6 is 11.6 Å². The van der Waals surface area contributed by atoms with E-state index in [-0.39, 0.29) is 11.7 Å². The van der Waals surface area contributed by atoms with Gasteiger partial charge in [0.25, 0.3) is 5.91 Å². The van der Waals surface area contributed by atoms with E-state index in [1.54, 1.807) is 41.2 Å². The number of furan rings is 1. The highest BCUT2D eigenvalue weighted by Crippen LogP contribution is 2.25. The molecule has 7 heteroatoms. The van der Waals surface area contributed by atoms with Crippen molar-refractivity contribution in [1.82, 2.24) is 15.0 Å². The van der Waals surface area contributed by atoms with Gasteiger partial charge in [0.2, 0.25) is 0 Å². The van der Waals surface area contributed by atoms with Crippen molar-refractivity contribution in [3.8, 4) is 17.0 Å². The normalized spacial score (nSPS) is 11.1. The van der Waals surface area contributed by atoms with Crippen LogP contribution in [0.2, 0.25) is 5.02 Å². The zero-order valence-electron chi connectivity index (χ0n) is 17.2. The number of hydrogen-bond donors (Lipinski definition) is 1. The van der Waals surface area contributed by atoms with Gasteiger partial charge < -0.3 is 9.73 Å². The van der Waals surface area contributed by atoms with E-state index in [0.29, 0.717) is 22.0 Å². The van der Waals surface area contributed by atoms with E-state index in [2.05, 4.69) is 34.6 Å². The maximum Gasteiger partial charge on any atom is 0.291 e. The van der Waals surface area contributed by atoms with E-state index in [4.69, 9.17) is 16.0 Å². The molecule has 3 aromatic carbocycles. The zero-order chi connectivity index (χ0) is 22.1. The van der Waals surface area contributed by atoms with Crippen molar-refractivity contribution >= 4 is 34.2 Å². The Morgan fingerprint density at radius 3 is 2.44 bits per heavy atom. The summed E-state index contributed by atoms with van der Waals surface area (Å²) in [6, 6.07) is 24.2. The average Bonchev–Trinajstić information content (AvgIpc) is 3.47. The Kier molecular flexibility index (Phi) is 5.21. The molecule has 1 amide bonds. The lowest BCUT2D eigenvalue weighted by atomic mass is 10.2. The highest BCUT2D eigenvalue weighted by atomic mass is 35.5. The van der Waals surface area contributed by atoms with Crippen molar-refractivity contribution < 1.29 is 9.21 Å². The predicted octanol–water partition coefficient (Wildman–Crippen LogP) is 6.15. The molecular weight excluding hydrogens is 424 g/mol. The van der Waals surface area contributed by atoms with Crippen LogP contribution in [0.1, 0.15) is 23.0 Å². The molecule has 32 heavy (non-hydrogen) atoms. The van der Waals surface area contributed by atoms with Crippen LogP contribution in [-0.4, -0.2) is 20.9 Å². The van der Waals surface area contributed by atoms with Crippen LogP contribution in [0.4, 0.5) is 5.69 Å². The molecule has 2 heterocycles. The lowest BCUT2D eigenvalue weighted by Gasteiger charge is -2.02. The van der Waals surface area contributed by atoms with Gasteiger partial charge in [-0.15, -0.1) is 10.2 Å². The molecule has 158 valence electrons. The molecule has 0 saturated heterocycles. The molecule has 0 unspecified atom stereocenters. The number of nitrogens with zero attached hydrogens (tertiary/aromatic N) is 3. The molecule has 0 saturated carbocycles. The van der Waals surface area contributed by atoms with Crippen molar-refractivity contribution in [1.29, 1.82) is 0 Å². The molecule has 5 rings (SSSR count). The highest BCUT2D eigenvalue weighted by Gasteiger charge is 2.14. The largest absolute Gasteiger partial charge is 0.451 e. The van der Waals surface area contributed by atoms with Crippen LogP contribution in [0, 0.1) is 0 Å². The Morgan fingerprint density at radius 2 is 1.69 bits per heavy atom. The molecule has 0 radical (unpaired) electrons. The van der Waals surface area contributed by atoms with Crippen molar-refractivity contribution in [3.05, 3.63) is 95.2 Å². The van der Waals surface area contributed by atoms with Gasteiger partial charge in [-0.1, -0.05) is 30.7 Å². The third-order valence-electron chi connectivity index (χ3n) is 5.17. The van der Waals surface area contributed by atoms with Crippen LogP contribution in [0.3, 0.4) is 0 Å². The first kappa shape index (κ1) is 20.0. The summed E-state index contributed by atoms with van der Waals surface area (Å²) in [6.07, 6.45) is 0.981. The first-order valence-electron chi connectivity index (χ1n) is 10.2. The van der Waals surface area contributed by atoms with Crippen LogP contribution < -0.4 is 5.32 Å². The maximum atomic E-state index is 12.7. The van der Waals surface area contributed by atoms with E-state index in [1.165, 1.54) is 5.56 Å². The molecule has 6 nitrogen and oxygen atoms in total. The van der Waals surface area contributed by atoms with Crippen LogP contribution in [0.15, 0.2) is 83.3 Å². The Labute approximate surface area is 189 Å². The number of carbonyl (C=O) groups excluding carboxylic acids is 1. The molecule has 2 aromatic heterocycles. The number of benzene rings is 3. The molecule has 0 atom stereocenters. The number of hydrogen-bond acceptors (Lipinski definition) is 4. The van der Waals surface area contributed by atoms with Gasteiger partial charge >= 0.3 is 0 Å². The summed E-state index contributed by atoms with van der Waals surface area (Å²) in [5, 5.41) is 12.6. The molecule has 0 aliphatic carbocycles. The number of halogens is 1. The average molecular weight is 443 g/mol. The summed E-state index contributed by atoms with van der Waals surface area (Å²) in [6.45, 7) is 2.12. The lowest BCUT2D eigenvalue weighted by Crippen LogP contribution is -2.10. The van der Waals surface area contributed by atoms with E-state index in [9.17, 15) is 4.79 Å². The number of anilines is 1. The second kappa shape index (κ2) is 8.32. The molecule has 5 aromatic rings. The number of rotatable bonds is 5.